The summed E-state index contributed by atoms with van der Waals surface area (Å²) in [6.07, 6.45) is 2.17. The van der Waals surface area contributed by atoms with Crippen LogP contribution in [-0.2, 0) is 6.42 Å². The van der Waals surface area contributed by atoms with Crippen molar-refractivity contribution in [3.8, 4) is 0 Å². The van der Waals surface area contributed by atoms with Crippen molar-refractivity contribution < 1.29 is 0 Å². The quantitative estimate of drug-likeness (QED) is 0.582. The van der Waals surface area contributed by atoms with Crippen LogP contribution >= 0.6 is 23.8 Å². The van der Waals surface area contributed by atoms with Crippen LogP contribution < -0.4 is 15.5 Å². The second-order valence-corrected chi connectivity index (χ2v) is 7.39. The Labute approximate surface area is 160 Å². The summed E-state index contributed by atoms with van der Waals surface area (Å²) in [6, 6.07) is 15.1. The van der Waals surface area contributed by atoms with Gasteiger partial charge in [-0.15, -0.1) is 0 Å². The SMILES string of the molecule is Cc1ccc(NC(=S)NCCCN2c3ccccc3C[C@H]2C)cc1Cl. The number of para-hydroxylation sites is 1. The van der Waals surface area contributed by atoms with Gasteiger partial charge in [0.25, 0.3) is 0 Å². The number of nitrogens with zero attached hydrogens (tertiary/aromatic N) is 1. The van der Waals surface area contributed by atoms with Crippen LogP contribution in [0.2, 0.25) is 5.02 Å². The highest BCUT2D eigenvalue weighted by Crippen LogP contribution is 2.31. The van der Waals surface area contributed by atoms with E-state index in [2.05, 4.69) is 46.7 Å². The Hall–Kier alpha value is -1.78. The predicted molar refractivity (Wildman–Crippen MR) is 112 cm³/mol. The lowest BCUT2D eigenvalue weighted by Gasteiger charge is -2.25. The van der Waals surface area contributed by atoms with E-state index in [9.17, 15) is 0 Å². The molecule has 2 aromatic rings. The van der Waals surface area contributed by atoms with Gasteiger partial charge in [0.1, 0.15) is 0 Å². The van der Waals surface area contributed by atoms with Crippen LogP contribution in [0.1, 0.15) is 24.5 Å². The van der Waals surface area contributed by atoms with Gasteiger partial charge in [-0.1, -0.05) is 35.9 Å². The van der Waals surface area contributed by atoms with E-state index in [1.54, 1.807) is 0 Å². The van der Waals surface area contributed by atoms with Gasteiger partial charge in [-0.25, -0.2) is 0 Å². The summed E-state index contributed by atoms with van der Waals surface area (Å²) in [5, 5.41) is 7.84. The second-order valence-electron chi connectivity index (χ2n) is 6.57. The second kappa shape index (κ2) is 8.07. The van der Waals surface area contributed by atoms with E-state index in [-0.39, 0.29) is 0 Å². The lowest BCUT2D eigenvalue weighted by atomic mass is 10.1. The van der Waals surface area contributed by atoms with Crippen LogP contribution in [0.25, 0.3) is 0 Å². The largest absolute Gasteiger partial charge is 0.368 e. The summed E-state index contributed by atoms with van der Waals surface area (Å²) in [5.74, 6) is 0. The van der Waals surface area contributed by atoms with Crippen molar-refractivity contribution in [1.29, 1.82) is 0 Å². The van der Waals surface area contributed by atoms with Gasteiger partial charge in [0, 0.05) is 35.5 Å². The molecule has 0 unspecified atom stereocenters. The van der Waals surface area contributed by atoms with Crippen LogP contribution in [0.15, 0.2) is 42.5 Å². The summed E-state index contributed by atoms with van der Waals surface area (Å²) in [7, 11) is 0. The molecule has 3 nitrogen and oxygen atoms in total. The topological polar surface area (TPSA) is 27.3 Å². The molecule has 0 bridgehead atoms. The summed E-state index contributed by atoms with van der Waals surface area (Å²) >= 11 is 11.5. The van der Waals surface area contributed by atoms with Gasteiger partial charge in [-0.3, -0.25) is 0 Å². The first-order valence-electron chi connectivity index (χ1n) is 8.70. The number of nitrogens with one attached hydrogen (secondary N) is 2. The molecule has 0 aliphatic carbocycles. The highest BCUT2D eigenvalue weighted by atomic mass is 35.5. The molecule has 1 aliphatic heterocycles. The Bertz CT molecular complexity index is 762. The molecule has 0 radical (unpaired) electrons. The molecule has 0 amide bonds. The van der Waals surface area contributed by atoms with E-state index < -0.39 is 0 Å². The van der Waals surface area contributed by atoms with Crippen LogP contribution in [0, 0.1) is 6.92 Å². The zero-order valence-electron chi connectivity index (χ0n) is 14.7. The van der Waals surface area contributed by atoms with Gasteiger partial charge in [0.05, 0.1) is 0 Å². The van der Waals surface area contributed by atoms with Crippen molar-refractivity contribution in [2.24, 2.45) is 0 Å². The predicted octanol–water partition coefficient (Wildman–Crippen LogP) is 4.78. The highest BCUT2D eigenvalue weighted by Gasteiger charge is 2.24. The van der Waals surface area contributed by atoms with E-state index in [4.69, 9.17) is 23.8 Å². The summed E-state index contributed by atoms with van der Waals surface area (Å²) in [4.78, 5) is 2.49. The first kappa shape index (κ1) is 18.0. The van der Waals surface area contributed by atoms with Gasteiger partial charge in [-0.2, -0.15) is 0 Å². The van der Waals surface area contributed by atoms with E-state index in [0.717, 1.165) is 42.2 Å². The molecule has 0 fully saturated rings. The Morgan fingerprint density at radius 3 is 2.88 bits per heavy atom. The summed E-state index contributed by atoms with van der Waals surface area (Å²) < 4.78 is 0. The third kappa shape index (κ3) is 4.44. The molecule has 0 spiro atoms. The van der Waals surface area contributed by atoms with Crippen molar-refractivity contribution in [2.75, 3.05) is 23.3 Å². The molecule has 1 aliphatic rings. The lowest BCUT2D eigenvalue weighted by Crippen LogP contribution is -2.34. The normalized spacial score (nSPS) is 15.8. The van der Waals surface area contributed by atoms with Crippen molar-refractivity contribution >= 4 is 40.3 Å². The fourth-order valence-corrected chi connectivity index (χ4v) is 3.67. The van der Waals surface area contributed by atoms with Gasteiger partial charge < -0.3 is 15.5 Å². The summed E-state index contributed by atoms with van der Waals surface area (Å²) in [6.45, 7) is 6.15. The van der Waals surface area contributed by atoms with Crippen molar-refractivity contribution in [2.45, 2.75) is 32.7 Å². The number of aryl methyl sites for hydroxylation is 1. The Balaban J connectivity index is 1.44. The molecule has 1 atom stereocenters. The molecule has 2 aromatic carbocycles. The minimum Gasteiger partial charge on any atom is -0.368 e. The lowest BCUT2D eigenvalue weighted by molar-refractivity contribution is 0.641. The Morgan fingerprint density at radius 1 is 1.28 bits per heavy atom. The first-order chi connectivity index (χ1) is 12.0. The molecule has 25 heavy (non-hydrogen) atoms. The molecule has 1 heterocycles. The smallest absolute Gasteiger partial charge is 0.170 e. The molecule has 5 heteroatoms. The maximum Gasteiger partial charge on any atom is 0.170 e. The molecule has 0 saturated carbocycles. The number of hydrogen-bond acceptors (Lipinski definition) is 2. The van der Waals surface area contributed by atoms with Crippen LogP contribution in [-0.4, -0.2) is 24.2 Å². The minimum absolute atomic E-state index is 0.567. The number of anilines is 2. The molecule has 3 rings (SSSR count). The van der Waals surface area contributed by atoms with Crippen molar-refractivity contribution in [1.82, 2.24) is 5.32 Å². The number of benzene rings is 2. The average Bonchev–Trinajstić information content (AvgIpc) is 2.90. The van der Waals surface area contributed by atoms with Gasteiger partial charge >= 0.3 is 0 Å². The third-order valence-electron chi connectivity index (χ3n) is 4.64. The fraction of sp³-hybridized carbons (Fsp3) is 0.350. The van der Waals surface area contributed by atoms with E-state index in [1.807, 2.05) is 25.1 Å². The van der Waals surface area contributed by atoms with Gasteiger partial charge in [0.2, 0.25) is 0 Å². The molecular formula is C20H24ClN3S. The number of hydrogen-bond donors (Lipinski definition) is 2. The highest BCUT2D eigenvalue weighted by molar-refractivity contribution is 7.80. The zero-order valence-corrected chi connectivity index (χ0v) is 16.3. The number of rotatable bonds is 5. The van der Waals surface area contributed by atoms with Crippen molar-refractivity contribution in [3.63, 3.8) is 0 Å². The molecule has 132 valence electrons. The Morgan fingerprint density at radius 2 is 2.08 bits per heavy atom. The van der Waals surface area contributed by atoms with E-state index >= 15 is 0 Å². The first-order valence-corrected chi connectivity index (χ1v) is 9.49. The maximum absolute atomic E-state index is 6.14. The molecule has 0 saturated heterocycles. The number of halogens is 1. The van der Waals surface area contributed by atoms with Gasteiger partial charge in [-0.05, 0) is 68.2 Å². The van der Waals surface area contributed by atoms with Crippen LogP contribution in [0.3, 0.4) is 0 Å². The van der Waals surface area contributed by atoms with Crippen molar-refractivity contribution in [3.05, 3.63) is 58.6 Å². The summed E-state index contributed by atoms with van der Waals surface area (Å²) in [5.41, 5.74) is 4.81. The van der Waals surface area contributed by atoms with Crippen LogP contribution in [0.5, 0.6) is 0 Å². The average molecular weight is 374 g/mol. The molecular weight excluding hydrogens is 350 g/mol. The molecule has 0 aromatic heterocycles. The van der Waals surface area contributed by atoms with Gasteiger partial charge in [0.15, 0.2) is 5.11 Å². The van der Waals surface area contributed by atoms with E-state index in [1.165, 1.54) is 11.3 Å². The molecule has 2 N–H and O–H groups in total. The maximum atomic E-state index is 6.14. The van der Waals surface area contributed by atoms with E-state index in [0.29, 0.717) is 11.2 Å². The standard InChI is InChI=1S/C20H24ClN3S/c1-14-8-9-17(13-18(14)21)23-20(25)22-10-5-11-24-15(2)12-16-6-3-4-7-19(16)24/h3-4,6-9,13,15H,5,10-12H2,1-2H3,(H2,22,23,25)/t15-/m1/s1. The third-order valence-corrected chi connectivity index (χ3v) is 5.29. The number of fused-ring (bicyclic) bond motifs is 1. The fourth-order valence-electron chi connectivity index (χ4n) is 3.27. The minimum atomic E-state index is 0.567. The zero-order chi connectivity index (χ0) is 17.8. The number of thiocarbonyl (C=S) groups is 1. The Kier molecular flexibility index (Phi) is 5.82. The monoisotopic (exact) mass is 373 g/mol. The van der Waals surface area contributed by atoms with Crippen LogP contribution in [0.4, 0.5) is 11.4 Å².